The van der Waals surface area contributed by atoms with E-state index in [1.165, 1.54) is 11.8 Å². The lowest BCUT2D eigenvalue weighted by Gasteiger charge is -2.04. The van der Waals surface area contributed by atoms with Gasteiger partial charge in [0.2, 0.25) is 5.91 Å². The molecule has 7 heteroatoms. The first-order chi connectivity index (χ1) is 9.97. The summed E-state index contributed by atoms with van der Waals surface area (Å²) in [7, 11) is 0. The first-order valence-corrected chi connectivity index (χ1v) is 8.16. The van der Waals surface area contributed by atoms with Crippen molar-refractivity contribution in [3.8, 4) is 0 Å². The van der Waals surface area contributed by atoms with Crippen molar-refractivity contribution in [1.29, 1.82) is 0 Å². The van der Waals surface area contributed by atoms with Crippen LogP contribution in [0, 0.1) is 6.92 Å². The molecule has 21 heavy (non-hydrogen) atoms. The Morgan fingerprint density at radius 1 is 1.38 bits per heavy atom. The van der Waals surface area contributed by atoms with E-state index in [9.17, 15) is 9.59 Å². The molecule has 1 aromatic carbocycles. The number of thioether (sulfide) groups is 1. The Kier molecular flexibility index (Phi) is 5.27. The van der Waals surface area contributed by atoms with Crippen molar-refractivity contribution in [2.75, 3.05) is 11.1 Å². The van der Waals surface area contributed by atoms with E-state index < -0.39 is 5.97 Å². The third-order valence-electron chi connectivity index (χ3n) is 2.57. The summed E-state index contributed by atoms with van der Waals surface area (Å²) in [6.45, 7) is 1.70. The predicted molar refractivity (Wildman–Crippen MR) is 86.8 cm³/mol. The van der Waals surface area contributed by atoms with Crippen molar-refractivity contribution < 1.29 is 14.7 Å². The maximum Gasteiger partial charge on any atom is 0.346 e. The SMILES string of the molecule is Cc1cc(NC(=O)CSc2ccccc2Cl)sc1C(=O)O. The van der Waals surface area contributed by atoms with Crippen molar-refractivity contribution in [3.05, 3.63) is 45.8 Å². The molecule has 110 valence electrons. The Balaban J connectivity index is 1.95. The molecule has 0 aliphatic carbocycles. The smallest absolute Gasteiger partial charge is 0.346 e. The van der Waals surface area contributed by atoms with Crippen LogP contribution < -0.4 is 5.32 Å². The third-order valence-corrected chi connectivity index (χ3v) is 5.23. The summed E-state index contributed by atoms with van der Waals surface area (Å²) < 4.78 is 0. The van der Waals surface area contributed by atoms with Crippen molar-refractivity contribution in [3.63, 3.8) is 0 Å². The second kappa shape index (κ2) is 6.98. The molecule has 0 aliphatic rings. The molecule has 0 aliphatic heterocycles. The van der Waals surface area contributed by atoms with Crippen molar-refractivity contribution in [2.45, 2.75) is 11.8 Å². The van der Waals surface area contributed by atoms with Crippen LogP contribution in [0.15, 0.2) is 35.2 Å². The molecule has 0 fully saturated rings. The highest BCUT2D eigenvalue weighted by Crippen LogP contribution is 2.28. The number of amides is 1. The van der Waals surface area contributed by atoms with Gasteiger partial charge in [-0.3, -0.25) is 4.79 Å². The molecule has 0 atom stereocenters. The maximum absolute atomic E-state index is 11.9. The van der Waals surface area contributed by atoms with E-state index >= 15 is 0 Å². The number of aromatic carboxylic acids is 1. The molecule has 4 nitrogen and oxygen atoms in total. The van der Waals surface area contributed by atoms with Crippen LogP contribution in [0.5, 0.6) is 0 Å². The average molecular weight is 342 g/mol. The number of halogens is 1. The van der Waals surface area contributed by atoms with Crippen LogP contribution in [0.1, 0.15) is 15.2 Å². The fraction of sp³-hybridized carbons (Fsp3) is 0.143. The molecule has 0 spiro atoms. The van der Waals surface area contributed by atoms with Gasteiger partial charge in [-0.2, -0.15) is 0 Å². The minimum atomic E-state index is -0.983. The molecule has 2 rings (SSSR count). The van der Waals surface area contributed by atoms with Crippen LogP contribution in [0.4, 0.5) is 5.00 Å². The van der Waals surface area contributed by atoms with Crippen LogP contribution in [0.25, 0.3) is 0 Å². The van der Waals surface area contributed by atoms with Gasteiger partial charge < -0.3 is 10.4 Å². The van der Waals surface area contributed by atoms with Gasteiger partial charge in [0.15, 0.2) is 0 Å². The van der Waals surface area contributed by atoms with Crippen LogP contribution in [0.3, 0.4) is 0 Å². The highest BCUT2D eigenvalue weighted by Gasteiger charge is 2.14. The van der Waals surface area contributed by atoms with E-state index in [1.54, 1.807) is 19.1 Å². The molecule has 1 heterocycles. The summed E-state index contributed by atoms with van der Waals surface area (Å²) in [5.41, 5.74) is 0.640. The van der Waals surface area contributed by atoms with E-state index in [4.69, 9.17) is 16.7 Å². The number of carboxylic acids is 1. The van der Waals surface area contributed by atoms with Gasteiger partial charge in [-0.05, 0) is 30.7 Å². The molecule has 0 saturated carbocycles. The van der Waals surface area contributed by atoms with Gasteiger partial charge in [-0.25, -0.2) is 4.79 Å². The summed E-state index contributed by atoms with van der Waals surface area (Å²) >= 11 is 8.40. The highest BCUT2D eigenvalue weighted by atomic mass is 35.5. The normalized spacial score (nSPS) is 10.4. The van der Waals surface area contributed by atoms with E-state index in [-0.39, 0.29) is 16.5 Å². The molecule has 0 radical (unpaired) electrons. The van der Waals surface area contributed by atoms with Crippen molar-refractivity contribution in [1.82, 2.24) is 0 Å². The Hall–Kier alpha value is -1.50. The average Bonchev–Trinajstić information content (AvgIpc) is 2.79. The summed E-state index contributed by atoms with van der Waals surface area (Å²) in [6.07, 6.45) is 0. The van der Waals surface area contributed by atoms with Gasteiger partial charge in [-0.15, -0.1) is 23.1 Å². The van der Waals surface area contributed by atoms with Gasteiger partial charge in [0.05, 0.1) is 15.8 Å². The number of carboxylic acid groups (broad SMARTS) is 1. The molecule has 1 aromatic heterocycles. The summed E-state index contributed by atoms with van der Waals surface area (Å²) in [4.78, 5) is 23.9. The number of nitrogens with one attached hydrogen (secondary N) is 1. The molecule has 0 bridgehead atoms. The number of anilines is 1. The van der Waals surface area contributed by atoms with Crippen LogP contribution >= 0.6 is 34.7 Å². The Morgan fingerprint density at radius 2 is 2.10 bits per heavy atom. The standard InChI is InChI=1S/C14H12ClNO3S2/c1-8-6-12(21-13(8)14(18)19)16-11(17)7-20-10-5-3-2-4-9(10)15/h2-6H,7H2,1H3,(H,16,17)(H,18,19). The van der Waals surface area contributed by atoms with E-state index in [0.717, 1.165) is 16.2 Å². The summed E-state index contributed by atoms with van der Waals surface area (Å²) in [6, 6.07) is 8.95. The quantitative estimate of drug-likeness (QED) is 0.802. The number of thiophene rings is 1. The van der Waals surface area contributed by atoms with Crippen molar-refractivity contribution >= 4 is 51.6 Å². The zero-order chi connectivity index (χ0) is 15.4. The van der Waals surface area contributed by atoms with Crippen LogP contribution in [-0.4, -0.2) is 22.7 Å². The minimum absolute atomic E-state index is 0.196. The predicted octanol–water partition coefficient (Wildman–Crippen LogP) is 4.14. The zero-order valence-electron chi connectivity index (χ0n) is 11.1. The number of benzene rings is 1. The molecule has 1 amide bonds. The number of carbonyl (C=O) groups excluding carboxylic acids is 1. The van der Waals surface area contributed by atoms with E-state index in [2.05, 4.69) is 5.32 Å². The fourth-order valence-electron chi connectivity index (χ4n) is 1.63. The first-order valence-electron chi connectivity index (χ1n) is 5.98. The molecular formula is C14H12ClNO3S2. The zero-order valence-corrected chi connectivity index (χ0v) is 13.4. The summed E-state index contributed by atoms with van der Waals surface area (Å²) in [5.74, 6) is -0.968. The molecule has 0 unspecified atom stereocenters. The monoisotopic (exact) mass is 341 g/mol. The lowest BCUT2D eigenvalue weighted by molar-refractivity contribution is -0.113. The van der Waals surface area contributed by atoms with Crippen molar-refractivity contribution in [2.24, 2.45) is 0 Å². The molecule has 2 N–H and O–H groups in total. The van der Waals surface area contributed by atoms with Gasteiger partial charge >= 0.3 is 5.97 Å². The van der Waals surface area contributed by atoms with Crippen LogP contribution in [0.2, 0.25) is 5.02 Å². The second-order valence-electron chi connectivity index (χ2n) is 4.20. The molecule has 0 saturated heterocycles. The maximum atomic E-state index is 11.9. The number of aryl methyl sites for hydroxylation is 1. The number of carbonyl (C=O) groups is 2. The van der Waals surface area contributed by atoms with Crippen LogP contribution in [-0.2, 0) is 4.79 Å². The fourth-order valence-corrected chi connectivity index (χ4v) is 3.60. The number of rotatable bonds is 5. The highest BCUT2D eigenvalue weighted by molar-refractivity contribution is 8.00. The molecular weight excluding hydrogens is 330 g/mol. The lowest BCUT2D eigenvalue weighted by atomic mass is 10.3. The summed E-state index contributed by atoms with van der Waals surface area (Å²) in [5, 5.41) is 12.8. The third kappa shape index (κ3) is 4.23. The minimum Gasteiger partial charge on any atom is -0.477 e. The topological polar surface area (TPSA) is 66.4 Å². The number of hydrogen-bond donors (Lipinski definition) is 2. The largest absolute Gasteiger partial charge is 0.477 e. The molecule has 2 aromatic rings. The number of hydrogen-bond acceptors (Lipinski definition) is 4. The van der Waals surface area contributed by atoms with E-state index in [1.807, 2.05) is 18.2 Å². The van der Waals surface area contributed by atoms with Gasteiger partial charge in [0.1, 0.15) is 4.88 Å². The Bertz CT molecular complexity index is 685. The Labute approximate surface area is 135 Å². The van der Waals surface area contributed by atoms with Gasteiger partial charge in [0.25, 0.3) is 0 Å². The second-order valence-corrected chi connectivity index (χ2v) is 6.67. The first kappa shape index (κ1) is 15.9. The van der Waals surface area contributed by atoms with E-state index in [0.29, 0.717) is 15.6 Å². The van der Waals surface area contributed by atoms with Gasteiger partial charge in [0, 0.05) is 4.90 Å². The van der Waals surface area contributed by atoms with Gasteiger partial charge in [-0.1, -0.05) is 23.7 Å². The Morgan fingerprint density at radius 3 is 2.71 bits per heavy atom. The lowest BCUT2D eigenvalue weighted by Crippen LogP contribution is -2.12.